The fourth-order valence-electron chi connectivity index (χ4n) is 16.1. The molecule has 0 aliphatic carbocycles. The van der Waals surface area contributed by atoms with Crippen LogP contribution in [0.3, 0.4) is 0 Å². The van der Waals surface area contributed by atoms with E-state index in [0.29, 0.717) is 19.3 Å². The zero-order chi connectivity index (χ0) is 81.0. The lowest BCUT2D eigenvalue weighted by molar-refractivity contribution is -0.386. The van der Waals surface area contributed by atoms with Gasteiger partial charge in [-0.05, 0) is 38.5 Å². The first kappa shape index (κ1) is 103. The number of unbranched alkanes of at least 4 members (excludes halogenated alkanes) is 52. The maximum absolute atomic E-state index is 13.6. The fraction of sp³-hybridized carbons (Fsp3) is 0.943. The third-order valence-electron chi connectivity index (χ3n) is 23.2. The zero-order valence-corrected chi connectivity index (χ0v) is 69.9. The summed E-state index contributed by atoms with van der Waals surface area (Å²) in [5, 5.41) is 137. The second-order valence-corrected chi connectivity index (χ2v) is 33.2. The quantitative estimate of drug-likeness (QED) is 0.0199. The molecular weight excluding hydrogens is 1420 g/mol. The molecule has 3 fully saturated rings. The van der Waals surface area contributed by atoms with Crippen LogP contribution in [0.4, 0.5) is 0 Å². The molecular formula is C88H166N2O21. The van der Waals surface area contributed by atoms with Crippen LogP contribution in [0.15, 0.2) is 12.2 Å². The molecule has 0 aromatic carbocycles. The maximum Gasteiger partial charge on any atom is 0.364 e. The molecule has 0 bridgehead atoms. The summed E-state index contributed by atoms with van der Waals surface area (Å²) in [6, 6.07) is -2.53. The van der Waals surface area contributed by atoms with Crippen molar-refractivity contribution in [3.63, 3.8) is 0 Å². The number of aliphatic carboxylic acids is 1. The highest BCUT2D eigenvalue weighted by atomic mass is 16.8. The maximum atomic E-state index is 13.6. The second kappa shape index (κ2) is 66.4. The summed E-state index contributed by atoms with van der Waals surface area (Å²) in [4.78, 5) is 38.8. The van der Waals surface area contributed by atoms with E-state index in [1.807, 2.05) is 0 Å². The van der Waals surface area contributed by atoms with E-state index >= 15 is 0 Å². The van der Waals surface area contributed by atoms with E-state index in [0.717, 1.165) is 58.3 Å². The van der Waals surface area contributed by atoms with Crippen molar-refractivity contribution in [2.45, 2.75) is 503 Å². The van der Waals surface area contributed by atoms with E-state index in [4.69, 9.17) is 28.4 Å². The Bertz CT molecular complexity index is 2240. The van der Waals surface area contributed by atoms with Gasteiger partial charge in [0.2, 0.25) is 11.8 Å². The highest BCUT2D eigenvalue weighted by Gasteiger charge is 2.60. The van der Waals surface area contributed by atoms with Gasteiger partial charge < -0.3 is 100 Å². The SMILES string of the molecule is CCCCCCCCCCCCCC/C=C\CCCCCCCCCCCCCCCCCCC(=O)NC(COC1OC(CO)C(OC2OC(CO)C(O)C(OC3(C(=O)O)CC(O)C(NC(C)=O)C(C(O)C(O)CO)O3)C2O)C(O)C1O)C(O)CCCCCCCCCCCCCCCCCCCCCCCCCCC. The number of carbonyl (C=O) groups excluding carboxylic acids is 2. The van der Waals surface area contributed by atoms with Gasteiger partial charge in [-0.2, -0.15) is 0 Å². The van der Waals surface area contributed by atoms with E-state index in [-0.39, 0.29) is 18.9 Å². The number of carboxylic acids is 1. The number of aliphatic hydroxyl groups is 11. The van der Waals surface area contributed by atoms with Crippen LogP contribution in [-0.4, -0.2) is 215 Å². The van der Waals surface area contributed by atoms with Crippen molar-refractivity contribution in [1.29, 1.82) is 0 Å². The van der Waals surface area contributed by atoms with E-state index < -0.39 is 148 Å². The van der Waals surface area contributed by atoms with E-state index in [1.54, 1.807) is 0 Å². The molecule has 18 atom stereocenters. The molecule has 3 rings (SSSR count). The van der Waals surface area contributed by atoms with Crippen LogP contribution in [0.1, 0.15) is 393 Å². The number of ether oxygens (including phenoxy) is 6. The molecule has 111 heavy (non-hydrogen) atoms. The molecule has 3 saturated heterocycles. The van der Waals surface area contributed by atoms with Crippen molar-refractivity contribution in [3.8, 4) is 0 Å². The Hall–Kier alpha value is -2.53. The Balaban J connectivity index is 1.45. The lowest BCUT2D eigenvalue weighted by Gasteiger charge is -2.50. The first-order valence-corrected chi connectivity index (χ1v) is 45.5. The standard InChI is InChI=1S/C88H166N2O21/c1-4-6-8-10-12-14-16-18-20-22-24-26-28-30-31-32-33-34-35-36-38-40-42-44-46-48-50-52-54-56-58-60-62-75(98)90-69(70(95)61-59-57-55-53-51-49-47-45-43-41-39-37-29-27-25-23-21-19-17-15-13-11-9-7-5-2)67-106-85-80(102)79(101)82(74(66-93)108-85)109-86-81(103)84(78(100)73(65-92)107-86)111-88(87(104)105)63-71(96)76(89-68(3)94)83(110-88)77(99)72(97)64-91/h30-31,69-74,76-86,91-93,95-97,99-103H,4-29,32-67H2,1-3H3,(H,89,94)(H,90,98)(H,104,105)/b31-30-. The number of carbonyl (C=O) groups is 3. The van der Waals surface area contributed by atoms with Gasteiger partial charge in [-0.15, -0.1) is 0 Å². The van der Waals surface area contributed by atoms with E-state index in [1.165, 1.54) is 289 Å². The summed E-state index contributed by atoms with van der Waals surface area (Å²) in [6.45, 7) is 2.29. The number of allylic oxidation sites excluding steroid dienone is 2. The van der Waals surface area contributed by atoms with Gasteiger partial charge in [-0.1, -0.05) is 347 Å². The minimum absolute atomic E-state index is 0.228. The molecule has 18 unspecified atom stereocenters. The number of carboxylic acid groups (broad SMARTS) is 1. The van der Waals surface area contributed by atoms with Gasteiger partial charge in [-0.25, -0.2) is 4.79 Å². The van der Waals surface area contributed by atoms with Gasteiger partial charge in [-0.3, -0.25) is 9.59 Å². The number of hydrogen-bond donors (Lipinski definition) is 14. The van der Waals surface area contributed by atoms with Crippen molar-refractivity contribution in [2.75, 3.05) is 26.4 Å². The second-order valence-electron chi connectivity index (χ2n) is 33.2. The normalized spacial score (nSPS) is 25.5. The average Bonchev–Trinajstić information content (AvgIpc) is 0.753. The topological polar surface area (TPSA) is 373 Å². The molecule has 2 amide bonds. The van der Waals surface area contributed by atoms with Crippen LogP contribution >= 0.6 is 0 Å². The number of hydrogen-bond acceptors (Lipinski definition) is 20. The van der Waals surface area contributed by atoms with Crippen LogP contribution in [0.25, 0.3) is 0 Å². The summed E-state index contributed by atoms with van der Waals surface area (Å²) in [7, 11) is 0. The molecule has 0 spiro atoms. The molecule has 14 N–H and O–H groups in total. The fourth-order valence-corrected chi connectivity index (χ4v) is 16.1. The molecule has 3 heterocycles. The summed E-state index contributed by atoms with van der Waals surface area (Å²) >= 11 is 0. The predicted octanol–water partition coefficient (Wildman–Crippen LogP) is 14.5. The highest BCUT2D eigenvalue weighted by molar-refractivity contribution is 5.77. The van der Waals surface area contributed by atoms with Crippen molar-refractivity contribution in [2.24, 2.45) is 0 Å². The number of aliphatic hydroxyl groups excluding tert-OH is 11. The molecule has 3 aliphatic rings. The van der Waals surface area contributed by atoms with Gasteiger partial charge in [0.15, 0.2) is 12.6 Å². The lowest BCUT2D eigenvalue weighted by atomic mass is 9.88. The first-order valence-electron chi connectivity index (χ1n) is 45.5. The highest BCUT2D eigenvalue weighted by Crippen LogP contribution is 2.39. The monoisotopic (exact) mass is 1590 g/mol. The molecule has 3 aliphatic heterocycles. The van der Waals surface area contributed by atoms with Crippen molar-refractivity contribution in [3.05, 3.63) is 12.2 Å². The molecule has 0 aromatic rings. The van der Waals surface area contributed by atoms with Crippen LogP contribution < -0.4 is 10.6 Å². The van der Waals surface area contributed by atoms with Gasteiger partial charge in [0.05, 0.1) is 50.7 Å². The van der Waals surface area contributed by atoms with E-state index in [9.17, 15) is 75.7 Å². The van der Waals surface area contributed by atoms with E-state index in [2.05, 4.69) is 36.6 Å². The third-order valence-corrected chi connectivity index (χ3v) is 23.2. The summed E-state index contributed by atoms with van der Waals surface area (Å²) < 4.78 is 35.1. The summed E-state index contributed by atoms with van der Waals surface area (Å²) in [6.07, 6.45) is 46.4. The van der Waals surface area contributed by atoms with Gasteiger partial charge >= 0.3 is 5.97 Å². The Morgan fingerprint density at radius 3 is 1.22 bits per heavy atom. The first-order chi connectivity index (χ1) is 53.9. The van der Waals surface area contributed by atoms with Gasteiger partial charge in [0, 0.05) is 19.8 Å². The molecule has 0 aromatic heterocycles. The van der Waals surface area contributed by atoms with Crippen LogP contribution in [-0.2, 0) is 42.8 Å². The molecule has 0 saturated carbocycles. The smallest absolute Gasteiger partial charge is 0.364 e. The number of nitrogens with one attached hydrogen (secondary N) is 2. The third kappa shape index (κ3) is 45.3. The molecule has 654 valence electrons. The van der Waals surface area contributed by atoms with Crippen LogP contribution in [0.2, 0.25) is 0 Å². The largest absolute Gasteiger partial charge is 0.477 e. The number of amides is 2. The van der Waals surface area contributed by atoms with Crippen LogP contribution in [0.5, 0.6) is 0 Å². The number of rotatable bonds is 74. The molecule has 23 heteroatoms. The summed E-state index contributed by atoms with van der Waals surface area (Å²) in [5.74, 6) is -6.09. The van der Waals surface area contributed by atoms with Gasteiger partial charge in [0.1, 0.15) is 67.1 Å². The van der Waals surface area contributed by atoms with Crippen molar-refractivity contribution < 1.29 is 104 Å². The van der Waals surface area contributed by atoms with Gasteiger partial charge in [0.25, 0.3) is 5.79 Å². The Morgan fingerprint density at radius 1 is 0.459 bits per heavy atom. The van der Waals surface area contributed by atoms with Crippen LogP contribution in [0, 0.1) is 0 Å². The minimum Gasteiger partial charge on any atom is -0.477 e. The van der Waals surface area contributed by atoms with Crippen molar-refractivity contribution in [1.82, 2.24) is 10.6 Å². The Morgan fingerprint density at radius 2 is 0.838 bits per heavy atom. The lowest BCUT2D eigenvalue weighted by Crippen LogP contribution is -2.70. The minimum atomic E-state index is -3.08. The Labute approximate surface area is 671 Å². The molecule has 23 nitrogen and oxygen atoms in total. The summed E-state index contributed by atoms with van der Waals surface area (Å²) in [5.41, 5.74) is 0. The zero-order valence-electron chi connectivity index (χ0n) is 69.9. The average molecular weight is 1590 g/mol. The molecule has 0 radical (unpaired) electrons. The van der Waals surface area contributed by atoms with Crippen molar-refractivity contribution >= 4 is 17.8 Å². The predicted molar refractivity (Wildman–Crippen MR) is 435 cm³/mol. The Kier molecular flexibility index (Phi) is 61.4.